The van der Waals surface area contributed by atoms with Crippen molar-refractivity contribution in [1.82, 2.24) is 0 Å². The molecule has 0 radical (unpaired) electrons. The van der Waals surface area contributed by atoms with Crippen molar-refractivity contribution in [3.05, 3.63) is 97.5 Å². The topological polar surface area (TPSA) is 101 Å². The van der Waals surface area contributed by atoms with Crippen LogP contribution in [0.25, 0.3) is 0 Å². The molecule has 2 amide bonds. The van der Waals surface area contributed by atoms with Gasteiger partial charge in [-0.25, -0.2) is 0 Å². The van der Waals surface area contributed by atoms with Crippen LogP contribution in [0, 0.1) is 10.1 Å². The number of non-ortho nitro benzene ring substituents is 1. The lowest BCUT2D eigenvalue weighted by atomic mass is 10.1. The van der Waals surface area contributed by atoms with Gasteiger partial charge >= 0.3 is 0 Å². The number of anilines is 2. The third kappa shape index (κ3) is 5.18. The lowest BCUT2D eigenvalue weighted by molar-refractivity contribution is -0.384. The van der Waals surface area contributed by atoms with Crippen LogP contribution in [0.5, 0.6) is 0 Å². The number of nitrogens with one attached hydrogen (secondary N) is 2. The Morgan fingerprint density at radius 3 is 2.34 bits per heavy atom. The second-order valence-electron chi connectivity index (χ2n) is 5.91. The minimum atomic E-state index is -0.589. The lowest BCUT2D eigenvalue weighted by Gasteiger charge is -2.12. The zero-order valence-electron chi connectivity index (χ0n) is 14.7. The molecule has 7 nitrogen and oxygen atoms in total. The summed E-state index contributed by atoms with van der Waals surface area (Å²) in [5.41, 5.74) is 0.823. The molecule has 0 bridgehead atoms. The maximum absolute atomic E-state index is 12.7. The molecule has 9 heteroatoms. The number of benzene rings is 3. The highest BCUT2D eigenvalue weighted by atomic mass is 79.9. The molecule has 0 atom stereocenters. The van der Waals surface area contributed by atoms with Crippen LogP contribution in [0.15, 0.2) is 71.2 Å². The van der Waals surface area contributed by atoms with E-state index in [9.17, 15) is 19.7 Å². The van der Waals surface area contributed by atoms with Crippen molar-refractivity contribution in [2.24, 2.45) is 0 Å². The Morgan fingerprint density at radius 2 is 1.66 bits per heavy atom. The number of hydrogen-bond acceptors (Lipinski definition) is 4. The number of carbonyl (C=O) groups excluding carboxylic acids is 2. The Bertz CT molecular complexity index is 1100. The zero-order valence-corrected chi connectivity index (χ0v) is 17.0. The first-order chi connectivity index (χ1) is 13.8. The van der Waals surface area contributed by atoms with Crippen LogP contribution in [0.4, 0.5) is 17.1 Å². The molecular weight excluding hydrogens is 462 g/mol. The van der Waals surface area contributed by atoms with E-state index in [1.165, 1.54) is 36.4 Å². The third-order valence-corrected chi connectivity index (χ3v) is 4.66. The van der Waals surface area contributed by atoms with Gasteiger partial charge in [0, 0.05) is 32.9 Å². The van der Waals surface area contributed by atoms with E-state index in [0.29, 0.717) is 10.7 Å². The summed E-state index contributed by atoms with van der Waals surface area (Å²) in [6, 6.07) is 16.7. The van der Waals surface area contributed by atoms with Gasteiger partial charge in [-0.05, 0) is 48.5 Å². The molecule has 0 aliphatic carbocycles. The van der Waals surface area contributed by atoms with E-state index in [2.05, 4.69) is 26.6 Å². The summed E-state index contributed by atoms with van der Waals surface area (Å²) in [5, 5.41) is 16.6. The van der Waals surface area contributed by atoms with Crippen LogP contribution < -0.4 is 10.6 Å². The Kier molecular flexibility index (Phi) is 6.26. The first kappa shape index (κ1) is 20.5. The van der Waals surface area contributed by atoms with Crippen molar-refractivity contribution in [3.8, 4) is 0 Å². The fraction of sp³-hybridized carbons (Fsp3) is 0. The molecule has 29 heavy (non-hydrogen) atoms. The lowest BCUT2D eigenvalue weighted by Crippen LogP contribution is -2.18. The Labute approximate surface area is 179 Å². The summed E-state index contributed by atoms with van der Waals surface area (Å²) in [6.45, 7) is 0. The number of rotatable bonds is 5. The quantitative estimate of drug-likeness (QED) is 0.376. The minimum absolute atomic E-state index is 0.0911. The van der Waals surface area contributed by atoms with Crippen LogP contribution in [0.1, 0.15) is 20.7 Å². The monoisotopic (exact) mass is 473 g/mol. The summed E-state index contributed by atoms with van der Waals surface area (Å²) in [6.07, 6.45) is 0. The smallest absolute Gasteiger partial charge is 0.270 e. The van der Waals surface area contributed by atoms with E-state index >= 15 is 0 Å². The summed E-state index contributed by atoms with van der Waals surface area (Å²) >= 11 is 9.34. The maximum atomic E-state index is 12.7. The van der Waals surface area contributed by atoms with E-state index in [1.807, 2.05) is 0 Å². The van der Waals surface area contributed by atoms with Crippen LogP contribution in [0.3, 0.4) is 0 Å². The van der Waals surface area contributed by atoms with E-state index in [4.69, 9.17) is 11.6 Å². The molecule has 146 valence electrons. The molecular formula is C20H13BrClN3O4. The summed E-state index contributed by atoms with van der Waals surface area (Å²) in [4.78, 5) is 35.6. The number of halogens is 2. The van der Waals surface area contributed by atoms with Crippen molar-refractivity contribution in [2.75, 3.05) is 10.6 Å². The molecule has 0 fully saturated rings. The minimum Gasteiger partial charge on any atom is -0.322 e. The molecule has 0 saturated carbocycles. The average molecular weight is 475 g/mol. The van der Waals surface area contributed by atoms with Gasteiger partial charge in [0.25, 0.3) is 17.5 Å². The molecule has 0 aromatic heterocycles. The highest BCUT2D eigenvalue weighted by molar-refractivity contribution is 9.10. The summed E-state index contributed by atoms with van der Waals surface area (Å²) in [5.74, 6) is -1.06. The molecule has 0 unspecified atom stereocenters. The van der Waals surface area contributed by atoms with Gasteiger partial charge in [-0.1, -0.05) is 33.6 Å². The van der Waals surface area contributed by atoms with Gasteiger partial charge in [-0.3, -0.25) is 19.7 Å². The van der Waals surface area contributed by atoms with E-state index in [1.54, 1.807) is 24.3 Å². The number of nitrogens with zero attached hydrogens (tertiary/aromatic N) is 1. The van der Waals surface area contributed by atoms with E-state index in [0.717, 1.165) is 10.5 Å². The van der Waals surface area contributed by atoms with Crippen molar-refractivity contribution >= 4 is 56.4 Å². The van der Waals surface area contributed by atoms with Crippen LogP contribution >= 0.6 is 27.5 Å². The molecule has 3 aromatic rings. The summed E-state index contributed by atoms with van der Waals surface area (Å²) < 4.78 is 0.864. The van der Waals surface area contributed by atoms with Crippen molar-refractivity contribution < 1.29 is 14.5 Å². The Hall–Kier alpha value is -3.23. The molecule has 3 aromatic carbocycles. The fourth-order valence-corrected chi connectivity index (χ4v) is 2.94. The molecule has 0 spiro atoms. The SMILES string of the molecule is O=C(Nc1ccc(Cl)cc1C(=O)Nc1ccc(Br)cc1)c1cccc([N+](=O)[O-])c1. The first-order valence-corrected chi connectivity index (χ1v) is 9.43. The normalized spacial score (nSPS) is 10.3. The highest BCUT2D eigenvalue weighted by Gasteiger charge is 2.17. The first-order valence-electron chi connectivity index (χ1n) is 8.26. The van der Waals surface area contributed by atoms with Gasteiger partial charge in [-0.2, -0.15) is 0 Å². The van der Waals surface area contributed by atoms with Crippen LogP contribution in [0.2, 0.25) is 5.02 Å². The van der Waals surface area contributed by atoms with Gasteiger partial charge in [0.15, 0.2) is 0 Å². The number of nitro groups is 1. The molecule has 0 aliphatic heterocycles. The number of hydrogen-bond donors (Lipinski definition) is 2. The zero-order chi connectivity index (χ0) is 21.0. The van der Waals surface area contributed by atoms with Crippen molar-refractivity contribution in [2.45, 2.75) is 0 Å². The summed E-state index contributed by atoms with van der Waals surface area (Å²) in [7, 11) is 0. The van der Waals surface area contributed by atoms with Gasteiger partial charge < -0.3 is 10.6 Å². The van der Waals surface area contributed by atoms with Crippen molar-refractivity contribution in [1.29, 1.82) is 0 Å². The van der Waals surface area contributed by atoms with Crippen LogP contribution in [-0.2, 0) is 0 Å². The van der Waals surface area contributed by atoms with E-state index in [-0.39, 0.29) is 22.5 Å². The second-order valence-corrected chi connectivity index (χ2v) is 7.26. The highest BCUT2D eigenvalue weighted by Crippen LogP contribution is 2.24. The molecule has 0 aliphatic rings. The second kappa shape index (κ2) is 8.85. The predicted molar refractivity (Wildman–Crippen MR) is 115 cm³/mol. The van der Waals surface area contributed by atoms with Gasteiger partial charge in [0.2, 0.25) is 0 Å². The van der Waals surface area contributed by atoms with Gasteiger partial charge in [-0.15, -0.1) is 0 Å². The molecule has 0 saturated heterocycles. The fourth-order valence-electron chi connectivity index (χ4n) is 2.50. The van der Waals surface area contributed by atoms with Crippen LogP contribution in [-0.4, -0.2) is 16.7 Å². The van der Waals surface area contributed by atoms with Gasteiger partial charge in [0.05, 0.1) is 16.2 Å². The molecule has 0 heterocycles. The third-order valence-electron chi connectivity index (χ3n) is 3.90. The molecule has 3 rings (SSSR count). The number of carbonyl (C=O) groups is 2. The predicted octanol–water partition coefficient (Wildman–Crippen LogP) is 5.52. The number of amides is 2. The Balaban J connectivity index is 1.85. The van der Waals surface area contributed by atoms with Crippen molar-refractivity contribution in [3.63, 3.8) is 0 Å². The maximum Gasteiger partial charge on any atom is 0.270 e. The standard InChI is InChI=1S/C20H13BrClN3O4/c21-13-4-7-15(8-5-13)23-20(27)17-11-14(22)6-9-18(17)24-19(26)12-2-1-3-16(10-12)25(28)29/h1-11H,(H,23,27)(H,24,26). The average Bonchev–Trinajstić information content (AvgIpc) is 2.71. The molecule has 2 N–H and O–H groups in total. The number of nitro benzene ring substituents is 1. The Morgan fingerprint density at radius 1 is 0.931 bits per heavy atom. The van der Waals surface area contributed by atoms with E-state index < -0.39 is 16.7 Å². The largest absolute Gasteiger partial charge is 0.322 e. The van der Waals surface area contributed by atoms with Gasteiger partial charge in [0.1, 0.15) is 0 Å².